The largest absolute Gasteiger partial charge is 0.497 e. The summed E-state index contributed by atoms with van der Waals surface area (Å²) in [5.41, 5.74) is 3.33. The van der Waals surface area contributed by atoms with Gasteiger partial charge in [0.1, 0.15) is 11.9 Å². The summed E-state index contributed by atoms with van der Waals surface area (Å²) in [4.78, 5) is 25.6. The molecular formula is C25H24N4O4. The van der Waals surface area contributed by atoms with Crippen LogP contribution in [0.4, 0.5) is 5.69 Å². The lowest BCUT2D eigenvalue weighted by molar-refractivity contribution is -0.384. The summed E-state index contributed by atoms with van der Waals surface area (Å²) in [5.74, 6) is 0.614. The average Bonchev–Trinajstić information content (AvgIpc) is 3.14. The summed E-state index contributed by atoms with van der Waals surface area (Å²) in [6.45, 7) is 2.61. The van der Waals surface area contributed by atoms with Crippen LogP contribution in [-0.4, -0.2) is 40.1 Å². The second-order valence-electron chi connectivity index (χ2n) is 7.77. The van der Waals surface area contributed by atoms with E-state index in [0.717, 1.165) is 16.9 Å². The highest BCUT2D eigenvalue weighted by atomic mass is 16.6. The Labute approximate surface area is 191 Å². The number of nitrogens with zero attached hydrogens (tertiary/aromatic N) is 4. The topological polar surface area (TPSA) is 88.3 Å². The Morgan fingerprint density at radius 3 is 2.33 bits per heavy atom. The molecule has 3 aromatic rings. The van der Waals surface area contributed by atoms with Crippen LogP contribution in [0.5, 0.6) is 5.75 Å². The van der Waals surface area contributed by atoms with E-state index in [2.05, 4.69) is 10.0 Å². The number of hydrazone groups is 1. The maximum atomic E-state index is 13.1. The molecule has 1 fully saturated rings. The summed E-state index contributed by atoms with van der Waals surface area (Å²) in [7, 11) is 1.61. The van der Waals surface area contributed by atoms with Gasteiger partial charge >= 0.3 is 0 Å². The molecule has 1 amide bonds. The Morgan fingerprint density at radius 2 is 1.73 bits per heavy atom. The zero-order valence-corrected chi connectivity index (χ0v) is 18.4. The van der Waals surface area contributed by atoms with Crippen LogP contribution in [0.25, 0.3) is 0 Å². The number of methoxy groups -OCH3 is 1. The van der Waals surface area contributed by atoms with Gasteiger partial charge < -0.3 is 4.74 Å². The van der Waals surface area contributed by atoms with Crippen molar-refractivity contribution in [3.8, 4) is 5.75 Å². The predicted octanol–water partition coefficient (Wildman–Crippen LogP) is 4.37. The average molecular weight is 444 g/mol. The number of nitro groups is 1. The van der Waals surface area contributed by atoms with E-state index in [1.807, 2.05) is 54.6 Å². The molecule has 168 valence electrons. The van der Waals surface area contributed by atoms with Gasteiger partial charge in [0, 0.05) is 18.7 Å². The lowest BCUT2D eigenvalue weighted by Gasteiger charge is -2.28. The molecule has 3 aromatic carbocycles. The standard InChI is InChI=1S/C25H24N4O4/c1-18(20-8-12-22(13-9-20)29(31)32)26-28-24(30)17-27(16-19-6-4-3-5-7-19)25(28)21-10-14-23(33-2)15-11-21/h3-15,25H,16-17H2,1-2H3. The molecule has 0 bridgehead atoms. The third kappa shape index (κ3) is 4.91. The number of hydrogen-bond donors (Lipinski definition) is 0. The molecule has 1 aliphatic heterocycles. The van der Waals surface area contributed by atoms with Crippen molar-refractivity contribution >= 4 is 17.3 Å². The van der Waals surface area contributed by atoms with Gasteiger partial charge in [-0.25, -0.2) is 5.01 Å². The van der Waals surface area contributed by atoms with Gasteiger partial charge in [-0.05, 0) is 47.9 Å². The second-order valence-corrected chi connectivity index (χ2v) is 7.77. The van der Waals surface area contributed by atoms with Crippen LogP contribution in [0, 0.1) is 10.1 Å². The SMILES string of the molecule is COc1ccc(C2N(Cc3ccccc3)CC(=O)N2N=C(C)c2ccc([N+](=O)[O-])cc2)cc1. The summed E-state index contributed by atoms with van der Waals surface area (Å²) in [6, 6.07) is 23.7. The minimum atomic E-state index is -0.443. The third-order valence-electron chi connectivity index (χ3n) is 5.57. The number of non-ortho nitro benzene ring substituents is 1. The molecular weight excluding hydrogens is 420 g/mol. The number of carbonyl (C=O) groups is 1. The van der Waals surface area contributed by atoms with Crippen LogP contribution in [0.3, 0.4) is 0 Å². The third-order valence-corrected chi connectivity index (χ3v) is 5.57. The highest BCUT2D eigenvalue weighted by Gasteiger charge is 2.39. The molecule has 1 heterocycles. The normalized spacial score (nSPS) is 16.8. The number of carbonyl (C=O) groups excluding carboxylic acids is 1. The molecule has 0 saturated carbocycles. The molecule has 4 rings (SSSR count). The van der Waals surface area contributed by atoms with E-state index in [4.69, 9.17) is 4.74 Å². The van der Waals surface area contributed by atoms with Crippen molar-refractivity contribution in [3.05, 3.63) is 106 Å². The minimum absolute atomic E-state index is 0.00828. The zero-order chi connectivity index (χ0) is 23.4. The van der Waals surface area contributed by atoms with Gasteiger partial charge in [0.05, 0.1) is 24.3 Å². The van der Waals surface area contributed by atoms with E-state index in [-0.39, 0.29) is 18.1 Å². The van der Waals surface area contributed by atoms with Gasteiger partial charge in [0.2, 0.25) is 0 Å². The van der Waals surface area contributed by atoms with Crippen LogP contribution >= 0.6 is 0 Å². The van der Waals surface area contributed by atoms with Crippen molar-refractivity contribution < 1.29 is 14.5 Å². The summed E-state index contributed by atoms with van der Waals surface area (Å²) < 4.78 is 5.28. The van der Waals surface area contributed by atoms with Crippen molar-refractivity contribution in [3.63, 3.8) is 0 Å². The number of ether oxygens (including phenoxy) is 1. The first-order chi connectivity index (χ1) is 16.0. The number of nitro benzene ring substituents is 1. The Bertz CT molecular complexity index is 1160. The summed E-state index contributed by atoms with van der Waals surface area (Å²) in [6.07, 6.45) is -0.392. The van der Waals surface area contributed by atoms with E-state index in [9.17, 15) is 14.9 Å². The van der Waals surface area contributed by atoms with Crippen LogP contribution in [0.1, 0.15) is 29.8 Å². The van der Waals surface area contributed by atoms with E-state index in [1.165, 1.54) is 17.1 Å². The molecule has 1 saturated heterocycles. The Kier molecular flexibility index (Phi) is 6.46. The second kappa shape index (κ2) is 9.62. The van der Waals surface area contributed by atoms with Gasteiger partial charge in [-0.3, -0.25) is 19.8 Å². The van der Waals surface area contributed by atoms with Crippen LogP contribution < -0.4 is 4.74 Å². The minimum Gasteiger partial charge on any atom is -0.497 e. The van der Waals surface area contributed by atoms with Crippen LogP contribution in [-0.2, 0) is 11.3 Å². The highest BCUT2D eigenvalue weighted by molar-refractivity contribution is 5.99. The van der Waals surface area contributed by atoms with Crippen molar-refractivity contribution in [2.24, 2.45) is 5.10 Å². The molecule has 0 spiro atoms. The van der Waals surface area contributed by atoms with Gasteiger partial charge in [0.25, 0.3) is 11.6 Å². The van der Waals surface area contributed by atoms with Crippen molar-refractivity contribution in [1.29, 1.82) is 0 Å². The fraction of sp³-hybridized carbons (Fsp3) is 0.200. The Morgan fingerprint density at radius 1 is 1.06 bits per heavy atom. The monoisotopic (exact) mass is 444 g/mol. The van der Waals surface area contributed by atoms with Gasteiger partial charge in [0.15, 0.2) is 0 Å². The van der Waals surface area contributed by atoms with E-state index in [0.29, 0.717) is 17.8 Å². The zero-order valence-electron chi connectivity index (χ0n) is 18.4. The summed E-state index contributed by atoms with van der Waals surface area (Å²) in [5, 5.41) is 17.1. The lowest BCUT2D eigenvalue weighted by atomic mass is 10.1. The van der Waals surface area contributed by atoms with Gasteiger partial charge in [-0.1, -0.05) is 42.5 Å². The molecule has 1 atom stereocenters. The molecule has 1 unspecified atom stereocenters. The molecule has 8 heteroatoms. The fourth-order valence-electron chi connectivity index (χ4n) is 3.87. The van der Waals surface area contributed by atoms with Crippen molar-refractivity contribution in [2.45, 2.75) is 19.6 Å². The van der Waals surface area contributed by atoms with Crippen molar-refractivity contribution in [1.82, 2.24) is 9.91 Å². The molecule has 33 heavy (non-hydrogen) atoms. The molecule has 0 radical (unpaired) electrons. The van der Waals surface area contributed by atoms with E-state index < -0.39 is 11.1 Å². The number of rotatable bonds is 7. The predicted molar refractivity (Wildman–Crippen MR) is 125 cm³/mol. The summed E-state index contributed by atoms with van der Waals surface area (Å²) >= 11 is 0. The molecule has 1 aliphatic rings. The number of hydrogen-bond acceptors (Lipinski definition) is 6. The Hall–Kier alpha value is -4.04. The van der Waals surface area contributed by atoms with Crippen LogP contribution in [0.15, 0.2) is 84.0 Å². The first kappa shape index (κ1) is 22.2. The van der Waals surface area contributed by atoms with E-state index in [1.54, 1.807) is 26.2 Å². The number of benzene rings is 3. The molecule has 0 N–H and O–H groups in total. The van der Waals surface area contributed by atoms with Crippen LogP contribution in [0.2, 0.25) is 0 Å². The first-order valence-corrected chi connectivity index (χ1v) is 10.5. The first-order valence-electron chi connectivity index (χ1n) is 10.5. The maximum absolute atomic E-state index is 13.1. The molecule has 0 aliphatic carbocycles. The number of amides is 1. The van der Waals surface area contributed by atoms with Gasteiger partial charge in [-0.15, -0.1) is 0 Å². The highest BCUT2D eigenvalue weighted by Crippen LogP contribution is 2.33. The molecule has 8 nitrogen and oxygen atoms in total. The quantitative estimate of drug-likeness (QED) is 0.307. The smallest absolute Gasteiger partial charge is 0.269 e. The Balaban J connectivity index is 1.68. The maximum Gasteiger partial charge on any atom is 0.269 e. The van der Waals surface area contributed by atoms with Crippen molar-refractivity contribution in [2.75, 3.05) is 13.7 Å². The fourth-order valence-corrected chi connectivity index (χ4v) is 3.87. The van der Waals surface area contributed by atoms with E-state index >= 15 is 0 Å². The van der Waals surface area contributed by atoms with Gasteiger partial charge in [-0.2, -0.15) is 5.10 Å². The lowest BCUT2D eigenvalue weighted by Crippen LogP contribution is -2.29. The molecule has 0 aromatic heterocycles.